The van der Waals surface area contributed by atoms with Gasteiger partial charge in [0.1, 0.15) is 5.82 Å². The van der Waals surface area contributed by atoms with Crippen molar-refractivity contribution in [1.82, 2.24) is 10.2 Å². The average Bonchev–Trinajstić information content (AvgIpc) is 2.48. The van der Waals surface area contributed by atoms with E-state index < -0.39 is 0 Å². The van der Waals surface area contributed by atoms with E-state index in [0.717, 1.165) is 25.9 Å². The highest BCUT2D eigenvalue weighted by molar-refractivity contribution is 6.30. The zero-order valence-corrected chi connectivity index (χ0v) is 14.2. The number of nitrogens with one attached hydrogen (secondary N) is 1. The SMILES string of the molecule is CCC1(C)CN(Cc2cccc(Cl)c2F)C(C)(CC)CN1. The Morgan fingerprint density at radius 2 is 2.00 bits per heavy atom. The van der Waals surface area contributed by atoms with E-state index in [1.807, 2.05) is 12.1 Å². The summed E-state index contributed by atoms with van der Waals surface area (Å²) in [4.78, 5) is 2.40. The van der Waals surface area contributed by atoms with Crippen LogP contribution in [0.4, 0.5) is 4.39 Å². The number of benzene rings is 1. The summed E-state index contributed by atoms with van der Waals surface area (Å²) in [6.45, 7) is 11.3. The average molecular weight is 313 g/mol. The smallest absolute Gasteiger partial charge is 0.146 e. The molecule has 0 aliphatic carbocycles. The molecule has 1 N–H and O–H groups in total. The van der Waals surface area contributed by atoms with Crippen LogP contribution in [0.25, 0.3) is 0 Å². The molecule has 118 valence electrons. The Morgan fingerprint density at radius 1 is 1.29 bits per heavy atom. The van der Waals surface area contributed by atoms with E-state index in [1.54, 1.807) is 6.07 Å². The second-order valence-electron chi connectivity index (χ2n) is 6.69. The topological polar surface area (TPSA) is 15.3 Å². The maximum Gasteiger partial charge on any atom is 0.146 e. The van der Waals surface area contributed by atoms with Crippen molar-refractivity contribution in [2.24, 2.45) is 0 Å². The Kier molecular flexibility index (Phi) is 4.96. The Labute approximate surface area is 132 Å². The summed E-state index contributed by atoms with van der Waals surface area (Å²) in [5.74, 6) is -0.283. The van der Waals surface area contributed by atoms with Gasteiger partial charge in [0.15, 0.2) is 0 Å². The second-order valence-corrected chi connectivity index (χ2v) is 7.09. The summed E-state index contributed by atoms with van der Waals surface area (Å²) in [5, 5.41) is 3.87. The third kappa shape index (κ3) is 3.41. The molecule has 1 heterocycles. The fourth-order valence-corrected chi connectivity index (χ4v) is 3.09. The van der Waals surface area contributed by atoms with Gasteiger partial charge < -0.3 is 5.32 Å². The van der Waals surface area contributed by atoms with Crippen molar-refractivity contribution in [2.45, 2.75) is 58.2 Å². The molecular weight excluding hydrogens is 287 g/mol. The molecule has 0 spiro atoms. The molecule has 1 aromatic rings. The molecule has 1 saturated heterocycles. The van der Waals surface area contributed by atoms with Gasteiger partial charge in [-0.05, 0) is 32.8 Å². The van der Waals surface area contributed by atoms with E-state index in [0.29, 0.717) is 12.1 Å². The van der Waals surface area contributed by atoms with Gasteiger partial charge in [-0.3, -0.25) is 4.90 Å². The number of hydrogen-bond acceptors (Lipinski definition) is 2. The van der Waals surface area contributed by atoms with E-state index >= 15 is 0 Å². The maximum atomic E-state index is 14.2. The van der Waals surface area contributed by atoms with Gasteiger partial charge in [0, 0.05) is 36.3 Å². The molecule has 2 rings (SSSR count). The van der Waals surface area contributed by atoms with Gasteiger partial charge in [0.05, 0.1) is 5.02 Å². The lowest BCUT2D eigenvalue weighted by Gasteiger charge is -2.52. The van der Waals surface area contributed by atoms with E-state index in [2.05, 4.69) is 37.9 Å². The van der Waals surface area contributed by atoms with Crippen LogP contribution in [0, 0.1) is 5.82 Å². The molecule has 1 fully saturated rings. The van der Waals surface area contributed by atoms with Crippen molar-refractivity contribution in [1.29, 1.82) is 0 Å². The third-order valence-corrected chi connectivity index (χ3v) is 5.43. The summed E-state index contributed by atoms with van der Waals surface area (Å²) in [6, 6.07) is 5.27. The fourth-order valence-electron chi connectivity index (χ4n) is 2.89. The Morgan fingerprint density at radius 3 is 2.62 bits per heavy atom. The Bertz CT molecular complexity index is 508. The summed E-state index contributed by atoms with van der Waals surface area (Å²) in [5.41, 5.74) is 0.815. The zero-order valence-electron chi connectivity index (χ0n) is 13.5. The predicted molar refractivity (Wildman–Crippen MR) is 87.2 cm³/mol. The van der Waals surface area contributed by atoms with Crippen LogP contribution in [0.2, 0.25) is 5.02 Å². The summed E-state index contributed by atoms with van der Waals surface area (Å²) < 4.78 is 14.2. The molecule has 0 amide bonds. The molecular formula is C17H26ClFN2. The molecule has 21 heavy (non-hydrogen) atoms. The molecule has 0 radical (unpaired) electrons. The largest absolute Gasteiger partial charge is 0.308 e. The lowest BCUT2D eigenvalue weighted by molar-refractivity contribution is 0.00972. The standard InChI is InChI=1S/C17H26ClFN2/c1-5-16(3)12-21(17(4,6-2)11-20-16)10-13-8-7-9-14(18)15(13)19/h7-9,20H,5-6,10-12H2,1-4H3. The van der Waals surface area contributed by atoms with Crippen LogP contribution >= 0.6 is 11.6 Å². The van der Waals surface area contributed by atoms with Crippen LogP contribution in [-0.2, 0) is 6.54 Å². The van der Waals surface area contributed by atoms with Gasteiger partial charge in [0.25, 0.3) is 0 Å². The number of rotatable bonds is 4. The Balaban J connectivity index is 2.26. The first kappa shape index (κ1) is 16.7. The van der Waals surface area contributed by atoms with Crippen LogP contribution in [0.1, 0.15) is 46.1 Å². The van der Waals surface area contributed by atoms with E-state index in [-0.39, 0.29) is 21.9 Å². The van der Waals surface area contributed by atoms with Crippen LogP contribution in [-0.4, -0.2) is 29.1 Å². The van der Waals surface area contributed by atoms with Crippen LogP contribution in [0.5, 0.6) is 0 Å². The summed E-state index contributed by atoms with van der Waals surface area (Å²) in [6.07, 6.45) is 2.09. The van der Waals surface area contributed by atoms with Crippen LogP contribution < -0.4 is 5.32 Å². The minimum Gasteiger partial charge on any atom is -0.308 e. The van der Waals surface area contributed by atoms with Gasteiger partial charge >= 0.3 is 0 Å². The van der Waals surface area contributed by atoms with Gasteiger partial charge in [-0.25, -0.2) is 4.39 Å². The molecule has 0 saturated carbocycles. The zero-order chi connectivity index (χ0) is 15.7. The third-order valence-electron chi connectivity index (χ3n) is 5.13. The predicted octanol–water partition coefficient (Wildman–Crippen LogP) is 4.22. The maximum absolute atomic E-state index is 14.2. The highest BCUT2D eigenvalue weighted by Crippen LogP contribution is 2.31. The minimum atomic E-state index is -0.283. The summed E-state index contributed by atoms with van der Waals surface area (Å²) >= 11 is 5.91. The van der Waals surface area contributed by atoms with Crippen molar-refractivity contribution in [3.05, 3.63) is 34.6 Å². The van der Waals surface area contributed by atoms with Gasteiger partial charge in [-0.2, -0.15) is 0 Å². The van der Waals surface area contributed by atoms with Gasteiger partial charge in [-0.1, -0.05) is 37.6 Å². The highest BCUT2D eigenvalue weighted by Gasteiger charge is 2.41. The normalized spacial score (nSPS) is 30.6. The molecule has 2 nitrogen and oxygen atoms in total. The number of halogens is 2. The summed E-state index contributed by atoms with van der Waals surface area (Å²) in [7, 11) is 0. The second kappa shape index (κ2) is 6.23. The fraction of sp³-hybridized carbons (Fsp3) is 0.647. The first-order chi connectivity index (χ1) is 9.83. The first-order valence-corrected chi connectivity index (χ1v) is 8.14. The van der Waals surface area contributed by atoms with Crippen molar-refractivity contribution in [3.8, 4) is 0 Å². The minimum absolute atomic E-state index is 0.0451. The van der Waals surface area contributed by atoms with Gasteiger partial charge in [0.2, 0.25) is 0 Å². The quantitative estimate of drug-likeness (QED) is 0.895. The van der Waals surface area contributed by atoms with E-state index in [4.69, 9.17) is 11.6 Å². The van der Waals surface area contributed by atoms with Crippen LogP contribution in [0.15, 0.2) is 18.2 Å². The number of nitrogens with zero attached hydrogens (tertiary/aromatic N) is 1. The van der Waals surface area contributed by atoms with Crippen molar-refractivity contribution < 1.29 is 4.39 Å². The van der Waals surface area contributed by atoms with Crippen molar-refractivity contribution in [3.63, 3.8) is 0 Å². The van der Waals surface area contributed by atoms with E-state index in [1.165, 1.54) is 0 Å². The van der Waals surface area contributed by atoms with E-state index in [9.17, 15) is 4.39 Å². The monoisotopic (exact) mass is 312 g/mol. The highest BCUT2D eigenvalue weighted by atomic mass is 35.5. The lowest BCUT2D eigenvalue weighted by Crippen LogP contribution is -2.67. The molecule has 0 bridgehead atoms. The molecule has 1 aliphatic heterocycles. The Hall–Kier alpha value is -0.640. The lowest BCUT2D eigenvalue weighted by atomic mass is 9.85. The number of hydrogen-bond donors (Lipinski definition) is 1. The molecule has 4 heteroatoms. The van der Waals surface area contributed by atoms with Crippen LogP contribution in [0.3, 0.4) is 0 Å². The molecule has 1 aliphatic rings. The van der Waals surface area contributed by atoms with Gasteiger partial charge in [-0.15, -0.1) is 0 Å². The molecule has 1 aromatic carbocycles. The first-order valence-electron chi connectivity index (χ1n) is 7.76. The molecule has 2 unspecified atom stereocenters. The molecule has 2 atom stereocenters. The van der Waals surface area contributed by atoms with Crippen molar-refractivity contribution >= 4 is 11.6 Å². The van der Waals surface area contributed by atoms with Crippen molar-refractivity contribution in [2.75, 3.05) is 13.1 Å². The molecule has 0 aromatic heterocycles. The number of piperazine rings is 1.